The molecule has 2 amide bonds. The van der Waals surface area contributed by atoms with Crippen molar-refractivity contribution in [2.75, 3.05) is 49.6 Å². The first-order chi connectivity index (χ1) is 16.2. The van der Waals surface area contributed by atoms with E-state index in [1.807, 2.05) is 45.0 Å². The highest BCUT2D eigenvalue weighted by atomic mass is 16.5. The molecule has 0 aliphatic carbocycles. The molecule has 1 fully saturated rings. The maximum Gasteiger partial charge on any atom is 0.319 e. The molecule has 0 saturated carbocycles. The Bertz CT molecular complexity index is 1000. The molecule has 1 aromatic heterocycles. The zero-order chi connectivity index (χ0) is 24.3. The lowest BCUT2D eigenvalue weighted by molar-refractivity contribution is 0.0312. The van der Waals surface area contributed by atoms with Gasteiger partial charge in [-0.2, -0.15) is 0 Å². The maximum absolute atomic E-state index is 11.8. The Morgan fingerprint density at radius 2 is 2.00 bits per heavy atom. The van der Waals surface area contributed by atoms with E-state index in [1.165, 1.54) is 5.56 Å². The van der Waals surface area contributed by atoms with Crippen molar-refractivity contribution in [3.63, 3.8) is 0 Å². The fourth-order valence-electron chi connectivity index (χ4n) is 4.59. The number of nitrogens with zero attached hydrogens (tertiary/aromatic N) is 4. The predicted octanol–water partition coefficient (Wildman–Crippen LogP) is 2.64. The maximum atomic E-state index is 11.8. The average Bonchev–Trinajstić information content (AvgIpc) is 2.78. The summed E-state index contributed by atoms with van der Waals surface area (Å²) in [6.45, 7) is 12.6. The summed E-state index contributed by atoms with van der Waals surface area (Å²) in [5.74, 6) is 1.66. The number of carbonyl (C=O) groups is 1. The number of benzene rings is 1. The molecule has 1 unspecified atom stereocenters. The molecule has 9 nitrogen and oxygen atoms in total. The van der Waals surface area contributed by atoms with Crippen LogP contribution in [0.4, 0.5) is 16.3 Å². The molecule has 4 rings (SSSR count). The van der Waals surface area contributed by atoms with Gasteiger partial charge in [0.1, 0.15) is 5.82 Å². The van der Waals surface area contributed by atoms with Crippen molar-refractivity contribution in [1.29, 1.82) is 0 Å². The number of hydrogen-bond acceptors (Lipinski definition) is 7. The van der Waals surface area contributed by atoms with Crippen LogP contribution in [-0.2, 0) is 17.7 Å². The third-order valence-corrected chi connectivity index (χ3v) is 6.11. The van der Waals surface area contributed by atoms with Gasteiger partial charge in [0.15, 0.2) is 5.82 Å². The number of hydrogen-bond donors (Lipinski definition) is 3. The lowest BCUT2D eigenvalue weighted by Gasteiger charge is -2.38. The van der Waals surface area contributed by atoms with Gasteiger partial charge in [0.05, 0.1) is 30.6 Å². The number of β-amino-alcohol motifs (C(OH)–C–C–N with tert-alkyl or cyclic N) is 1. The monoisotopic (exact) mass is 468 g/mol. The summed E-state index contributed by atoms with van der Waals surface area (Å²) in [6.07, 6.45) is 0.848. The van der Waals surface area contributed by atoms with Gasteiger partial charge in [-0.25, -0.2) is 14.8 Å². The van der Waals surface area contributed by atoms with Crippen molar-refractivity contribution < 1.29 is 14.6 Å². The van der Waals surface area contributed by atoms with Gasteiger partial charge in [0, 0.05) is 49.5 Å². The first-order valence-electron chi connectivity index (χ1n) is 12.1. The second-order valence-electron chi connectivity index (χ2n) is 9.75. The minimum atomic E-state index is -0.762. The Morgan fingerprint density at radius 3 is 2.68 bits per heavy atom. The number of carbonyl (C=O) groups excluding carboxylic acids is 1. The van der Waals surface area contributed by atoms with Crippen LogP contribution < -0.4 is 15.5 Å². The Kier molecular flexibility index (Phi) is 7.35. The van der Waals surface area contributed by atoms with Crippen LogP contribution in [0.15, 0.2) is 24.3 Å². The minimum Gasteiger partial charge on any atom is -0.389 e. The zero-order valence-electron chi connectivity index (χ0n) is 20.6. The van der Waals surface area contributed by atoms with E-state index in [-0.39, 0.29) is 12.1 Å². The first-order valence-corrected chi connectivity index (χ1v) is 12.1. The molecule has 1 aromatic carbocycles. The third-order valence-electron chi connectivity index (χ3n) is 6.11. The summed E-state index contributed by atoms with van der Waals surface area (Å²) in [4.78, 5) is 26.4. The van der Waals surface area contributed by atoms with Crippen molar-refractivity contribution in [2.45, 2.75) is 52.3 Å². The standard InChI is InChI=1S/C25H36N6O3/c1-5-26-24(32)27-19-8-6-18(7-9-19)22-28-21-14-30(16-25(3,4)33)11-10-20(21)23(29-22)31-12-13-34-15-17(31)2/h6-9,17,33H,5,10-16H2,1-4H3,(H2,26,27,32). The lowest BCUT2D eigenvalue weighted by Crippen LogP contribution is -2.46. The number of anilines is 2. The van der Waals surface area contributed by atoms with E-state index < -0.39 is 5.60 Å². The second kappa shape index (κ2) is 10.2. The molecule has 3 heterocycles. The number of aromatic nitrogens is 2. The van der Waals surface area contributed by atoms with Crippen molar-refractivity contribution in [3.05, 3.63) is 35.5 Å². The number of amides is 2. The van der Waals surface area contributed by atoms with Gasteiger partial charge < -0.3 is 25.4 Å². The van der Waals surface area contributed by atoms with Gasteiger partial charge in [-0.15, -0.1) is 0 Å². The molecule has 184 valence electrons. The number of ether oxygens (including phenoxy) is 1. The highest BCUT2D eigenvalue weighted by molar-refractivity contribution is 5.89. The van der Waals surface area contributed by atoms with Crippen LogP contribution in [0.1, 0.15) is 39.0 Å². The number of rotatable bonds is 6. The van der Waals surface area contributed by atoms with Crippen LogP contribution in [0.2, 0.25) is 0 Å². The van der Waals surface area contributed by atoms with Gasteiger partial charge in [-0.3, -0.25) is 4.90 Å². The van der Waals surface area contributed by atoms with Crippen LogP contribution in [0.25, 0.3) is 11.4 Å². The number of nitrogens with one attached hydrogen (secondary N) is 2. The van der Waals surface area contributed by atoms with Crippen molar-refractivity contribution in [2.24, 2.45) is 0 Å². The van der Waals surface area contributed by atoms with Gasteiger partial charge >= 0.3 is 6.03 Å². The molecular formula is C25H36N6O3. The summed E-state index contributed by atoms with van der Waals surface area (Å²) >= 11 is 0. The molecule has 0 radical (unpaired) electrons. The number of urea groups is 1. The van der Waals surface area contributed by atoms with Gasteiger partial charge in [-0.1, -0.05) is 0 Å². The third kappa shape index (κ3) is 5.84. The molecule has 3 N–H and O–H groups in total. The second-order valence-corrected chi connectivity index (χ2v) is 9.75. The van der Waals surface area contributed by atoms with Crippen molar-refractivity contribution in [3.8, 4) is 11.4 Å². The molecule has 1 saturated heterocycles. The summed E-state index contributed by atoms with van der Waals surface area (Å²) < 4.78 is 5.67. The van der Waals surface area contributed by atoms with E-state index in [9.17, 15) is 9.90 Å². The molecule has 2 aromatic rings. The molecule has 1 atom stereocenters. The van der Waals surface area contributed by atoms with E-state index in [0.29, 0.717) is 44.4 Å². The first kappa shape index (κ1) is 24.4. The van der Waals surface area contributed by atoms with Crippen LogP contribution in [-0.4, -0.2) is 77.0 Å². The summed E-state index contributed by atoms with van der Waals surface area (Å²) in [5.41, 5.74) is 3.05. The van der Waals surface area contributed by atoms with Crippen molar-refractivity contribution >= 4 is 17.5 Å². The van der Waals surface area contributed by atoms with E-state index in [0.717, 1.165) is 36.6 Å². The largest absolute Gasteiger partial charge is 0.389 e. The molecular weight excluding hydrogens is 432 g/mol. The molecule has 34 heavy (non-hydrogen) atoms. The Balaban J connectivity index is 1.67. The molecule has 2 aliphatic heterocycles. The molecule has 2 aliphatic rings. The fourth-order valence-corrected chi connectivity index (χ4v) is 4.59. The fraction of sp³-hybridized carbons (Fsp3) is 0.560. The molecule has 9 heteroatoms. The van der Waals surface area contributed by atoms with Crippen LogP contribution in [0, 0.1) is 0 Å². The highest BCUT2D eigenvalue weighted by Gasteiger charge is 2.30. The number of aliphatic hydroxyl groups is 1. The van der Waals surface area contributed by atoms with Crippen LogP contribution in [0.5, 0.6) is 0 Å². The summed E-state index contributed by atoms with van der Waals surface area (Å²) in [7, 11) is 0. The number of morpholine rings is 1. The highest BCUT2D eigenvalue weighted by Crippen LogP contribution is 2.32. The Labute approximate surface area is 201 Å². The summed E-state index contributed by atoms with van der Waals surface area (Å²) in [5, 5.41) is 15.9. The van der Waals surface area contributed by atoms with E-state index in [4.69, 9.17) is 14.7 Å². The van der Waals surface area contributed by atoms with E-state index in [2.05, 4.69) is 27.4 Å². The Morgan fingerprint density at radius 1 is 1.24 bits per heavy atom. The van der Waals surface area contributed by atoms with Crippen molar-refractivity contribution in [1.82, 2.24) is 20.2 Å². The normalized spacial score (nSPS) is 19.0. The van der Waals surface area contributed by atoms with Crippen LogP contribution in [0.3, 0.4) is 0 Å². The van der Waals surface area contributed by atoms with Gasteiger partial charge in [0.25, 0.3) is 0 Å². The topological polar surface area (TPSA) is 103 Å². The SMILES string of the molecule is CCNC(=O)Nc1ccc(-c2nc3c(c(N4CCOCC4C)n2)CCN(CC(C)(C)O)C3)cc1. The molecule has 0 spiro atoms. The predicted molar refractivity (Wildman–Crippen MR) is 133 cm³/mol. The van der Waals surface area contributed by atoms with Gasteiger partial charge in [-0.05, 0) is 58.4 Å². The average molecular weight is 469 g/mol. The van der Waals surface area contributed by atoms with E-state index >= 15 is 0 Å². The van der Waals surface area contributed by atoms with Gasteiger partial charge in [0.2, 0.25) is 0 Å². The zero-order valence-corrected chi connectivity index (χ0v) is 20.6. The number of fused-ring (bicyclic) bond motifs is 1. The minimum absolute atomic E-state index is 0.226. The lowest BCUT2D eigenvalue weighted by atomic mass is 10.0. The van der Waals surface area contributed by atoms with Crippen LogP contribution >= 0.6 is 0 Å². The summed E-state index contributed by atoms with van der Waals surface area (Å²) in [6, 6.07) is 7.62. The quantitative estimate of drug-likeness (QED) is 0.599. The molecule has 0 bridgehead atoms. The van der Waals surface area contributed by atoms with E-state index in [1.54, 1.807) is 0 Å². The smallest absolute Gasteiger partial charge is 0.319 e. The Hall–Kier alpha value is -2.75.